The lowest BCUT2D eigenvalue weighted by Crippen LogP contribution is -2.18. The number of methoxy groups -OCH3 is 1. The number of aromatic amines is 1. The number of halogens is 2. The second-order valence-electron chi connectivity index (χ2n) is 8.96. The quantitative estimate of drug-likeness (QED) is 0.196. The number of nitrogens with one attached hydrogen (secondary N) is 3. The Kier molecular flexibility index (Phi) is 20.0. The van der Waals surface area contributed by atoms with Gasteiger partial charge in [0.05, 0.1) is 24.6 Å². The van der Waals surface area contributed by atoms with Gasteiger partial charge in [-0.15, -0.1) is 9.60 Å². The summed E-state index contributed by atoms with van der Waals surface area (Å²) in [7, 11) is 2.77. The number of amides is 2. The lowest BCUT2D eigenvalue weighted by atomic mass is 10.1. The molecule has 1 unspecified atom stereocenters. The van der Waals surface area contributed by atoms with E-state index >= 15 is 0 Å². The average Bonchev–Trinajstić information content (AvgIpc) is 3.30. The van der Waals surface area contributed by atoms with E-state index in [-0.39, 0.29) is 28.7 Å². The van der Waals surface area contributed by atoms with Crippen LogP contribution in [0.5, 0.6) is 5.75 Å². The van der Waals surface area contributed by atoms with Crippen LogP contribution in [0.25, 0.3) is 0 Å². The fourth-order valence-electron chi connectivity index (χ4n) is 2.15. The van der Waals surface area contributed by atoms with Gasteiger partial charge >= 0.3 is 0 Å². The Morgan fingerprint density at radius 1 is 1.29 bits per heavy atom. The van der Waals surface area contributed by atoms with E-state index in [2.05, 4.69) is 27.8 Å². The number of aromatic nitrogens is 2. The Morgan fingerprint density at radius 2 is 1.89 bits per heavy atom. The molecule has 2 rings (SSSR count). The Bertz CT molecular complexity index is 927. The van der Waals surface area contributed by atoms with E-state index in [1.165, 1.54) is 32.5 Å². The van der Waals surface area contributed by atoms with Gasteiger partial charge < -0.3 is 20.5 Å². The summed E-state index contributed by atoms with van der Waals surface area (Å²) in [4.78, 5) is 32.2. The van der Waals surface area contributed by atoms with Crippen LogP contribution in [0.15, 0.2) is 24.4 Å². The number of anilines is 1. The molecule has 2 aromatic rings. The third kappa shape index (κ3) is 18.0. The SMILES string of the molecule is CC(C)(C)O.CCC(C)N(C)F.CCCCNC=O.COc1cccc(F)c1C(=O)Nc1cn[nH]c1C=O. The highest BCUT2D eigenvalue weighted by Crippen LogP contribution is 2.22. The molecule has 1 aromatic heterocycles. The molecule has 0 spiro atoms. The van der Waals surface area contributed by atoms with E-state index in [1.807, 2.05) is 13.8 Å². The van der Waals surface area contributed by atoms with E-state index in [9.17, 15) is 23.3 Å². The summed E-state index contributed by atoms with van der Waals surface area (Å²) in [5.74, 6) is -1.33. The zero-order chi connectivity index (χ0) is 29.7. The largest absolute Gasteiger partial charge is 0.496 e. The van der Waals surface area contributed by atoms with Gasteiger partial charge in [-0.05, 0) is 52.7 Å². The predicted octanol–water partition coefficient (Wildman–Crippen LogP) is 4.53. The number of carbonyl (C=O) groups excluding carboxylic acids is 3. The first-order valence-electron chi connectivity index (χ1n) is 12.2. The molecule has 0 aliphatic carbocycles. The molecule has 0 saturated carbocycles. The number of benzene rings is 1. The molecule has 2 amide bonds. The van der Waals surface area contributed by atoms with E-state index in [0.717, 1.165) is 43.4 Å². The minimum absolute atomic E-state index is 0.0694. The Labute approximate surface area is 224 Å². The molecule has 12 heteroatoms. The molecule has 0 aliphatic heterocycles. The van der Waals surface area contributed by atoms with Crippen molar-refractivity contribution in [1.29, 1.82) is 0 Å². The lowest BCUT2D eigenvalue weighted by Gasteiger charge is -2.10. The molecule has 0 aliphatic rings. The standard InChI is InChI=1S/C12H10FN3O3.C5H12FN.C5H11NO.C4H10O/c1-19-10-4-2-3-7(13)11(10)12(18)15-8-5-14-16-9(8)6-17;1-4-5(2)7(3)6;1-2-3-4-6-5-7;1-4(2,3)5/h2-6H,1H3,(H,14,16)(H,15,18);5H,4H2,1-3H3;5H,2-4H2,1H3,(H,6,7);5H,1-3H3. The summed E-state index contributed by atoms with van der Waals surface area (Å²) in [6.45, 7) is 11.9. The van der Waals surface area contributed by atoms with Gasteiger partial charge in [0.25, 0.3) is 5.91 Å². The van der Waals surface area contributed by atoms with Crippen LogP contribution in [0.3, 0.4) is 0 Å². The van der Waals surface area contributed by atoms with Gasteiger partial charge in [-0.1, -0.05) is 26.3 Å². The van der Waals surface area contributed by atoms with E-state index in [4.69, 9.17) is 9.84 Å². The average molecular weight is 544 g/mol. The minimum atomic E-state index is -0.723. The molecule has 1 atom stereocenters. The smallest absolute Gasteiger partial charge is 0.262 e. The van der Waals surface area contributed by atoms with Gasteiger partial charge in [-0.25, -0.2) is 4.39 Å². The van der Waals surface area contributed by atoms with Gasteiger partial charge in [-0.2, -0.15) is 5.10 Å². The monoisotopic (exact) mass is 543 g/mol. The van der Waals surface area contributed by atoms with Crippen LogP contribution in [0.1, 0.15) is 81.7 Å². The number of nitrogens with zero attached hydrogens (tertiary/aromatic N) is 2. The number of unbranched alkanes of at least 4 members (excludes halogenated alkanes) is 1. The van der Waals surface area contributed by atoms with Gasteiger partial charge in [0.1, 0.15) is 22.8 Å². The second-order valence-corrected chi connectivity index (χ2v) is 8.96. The third-order valence-corrected chi connectivity index (χ3v) is 4.41. The highest BCUT2D eigenvalue weighted by molar-refractivity contribution is 6.07. The Morgan fingerprint density at radius 3 is 2.32 bits per heavy atom. The summed E-state index contributed by atoms with van der Waals surface area (Å²) in [6.07, 6.45) is 5.58. The van der Waals surface area contributed by atoms with Gasteiger partial charge in [0.2, 0.25) is 6.41 Å². The molecule has 4 N–H and O–H groups in total. The Balaban J connectivity index is 0. The van der Waals surface area contributed by atoms with Crippen LogP contribution < -0.4 is 15.4 Å². The fraction of sp³-hybridized carbons (Fsp3) is 0.538. The summed E-state index contributed by atoms with van der Waals surface area (Å²) < 4.78 is 30.5. The Hall–Kier alpha value is -3.38. The van der Waals surface area contributed by atoms with E-state index < -0.39 is 17.3 Å². The maximum absolute atomic E-state index is 13.7. The molecule has 0 fully saturated rings. The van der Waals surface area contributed by atoms with E-state index in [1.54, 1.807) is 20.8 Å². The number of aldehydes is 1. The van der Waals surface area contributed by atoms with Crippen LogP contribution in [-0.4, -0.2) is 71.4 Å². The van der Waals surface area contributed by atoms with Crippen LogP contribution in [0.4, 0.5) is 14.6 Å². The normalized spacial score (nSPS) is 10.8. The molecule has 0 radical (unpaired) electrons. The summed E-state index contributed by atoms with van der Waals surface area (Å²) in [5, 5.41) is 20.2. The molecule has 216 valence electrons. The molecule has 1 heterocycles. The van der Waals surface area contributed by atoms with Crippen LogP contribution in [0.2, 0.25) is 0 Å². The number of hydrogen-bond acceptors (Lipinski definition) is 7. The van der Waals surface area contributed by atoms with Crippen molar-refractivity contribution in [1.82, 2.24) is 20.6 Å². The van der Waals surface area contributed by atoms with Crippen molar-refractivity contribution in [2.24, 2.45) is 0 Å². The zero-order valence-corrected chi connectivity index (χ0v) is 23.6. The molecule has 38 heavy (non-hydrogen) atoms. The molecule has 10 nitrogen and oxygen atoms in total. The van der Waals surface area contributed by atoms with Crippen LogP contribution in [-0.2, 0) is 4.79 Å². The maximum Gasteiger partial charge on any atom is 0.262 e. The topological polar surface area (TPSA) is 137 Å². The molecular weight excluding hydrogens is 500 g/mol. The third-order valence-electron chi connectivity index (χ3n) is 4.41. The number of rotatable bonds is 10. The minimum Gasteiger partial charge on any atom is -0.496 e. The van der Waals surface area contributed by atoms with Crippen LogP contribution in [0, 0.1) is 5.82 Å². The molecule has 1 aromatic carbocycles. The molecule has 0 saturated heterocycles. The zero-order valence-electron chi connectivity index (χ0n) is 23.6. The highest BCUT2D eigenvalue weighted by atomic mass is 19.2. The number of aliphatic hydroxyl groups is 1. The van der Waals surface area contributed by atoms with Crippen molar-refractivity contribution < 1.29 is 33.1 Å². The van der Waals surface area contributed by atoms with Crippen LogP contribution >= 0.6 is 0 Å². The summed E-state index contributed by atoms with van der Waals surface area (Å²) in [6, 6.07) is 4.11. The van der Waals surface area contributed by atoms with Crippen molar-refractivity contribution in [3.8, 4) is 5.75 Å². The number of carbonyl (C=O) groups is 3. The first kappa shape index (κ1) is 36.8. The van der Waals surface area contributed by atoms with Crippen molar-refractivity contribution in [3.05, 3.63) is 41.5 Å². The van der Waals surface area contributed by atoms with Crippen molar-refractivity contribution >= 4 is 24.3 Å². The maximum atomic E-state index is 13.7. The highest BCUT2D eigenvalue weighted by Gasteiger charge is 2.19. The molecule has 0 bridgehead atoms. The second kappa shape index (κ2) is 20.7. The van der Waals surface area contributed by atoms with Gasteiger partial charge in [0.15, 0.2) is 6.29 Å². The first-order chi connectivity index (χ1) is 17.8. The fourth-order valence-corrected chi connectivity index (χ4v) is 2.15. The van der Waals surface area contributed by atoms with Crippen molar-refractivity contribution in [2.75, 3.05) is 26.0 Å². The summed E-state index contributed by atoms with van der Waals surface area (Å²) in [5.41, 5.74) is -0.461. The number of hydrogen-bond donors (Lipinski definition) is 4. The summed E-state index contributed by atoms with van der Waals surface area (Å²) >= 11 is 0. The van der Waals surface area contributed by atoms with Crippen molar-refractivity contribution in [2.45, 2.75) is 72.4 Å². The van der Waals surface area contributed by atoms with Crippen molar-refractivity contribution in [3.63, 3.8) is 0 Å². The lowest BCUT2D eigenvalue weighted by molar-refractivity contribution is -0.109. The van der Waals surface area contributed by atoms with E-state index in [0.29, 0.717) is 6.29 Å². The number of H-pyrrole nitrogens is 1. The van der Waals surface area contributed by atoms with Gasteiger partial charge in [0, 0.05) is 19.6 Å². The first-order valence-corrected chi connectivity index (χ1v) is 12.2. The van der Waals surface area contributed by atoms with Gasteiger partial charge in [-0.3, -0.25) is 19.5 Å². The molecular formula is C26H43F2N5O5. The predicted molar refractivity (Wildman–Crippen MR) is 144 cm³/mol. The number of ether oxygens (including phenoxy) is 1.